The van der Waals surface area contributed by atoms with Gasteiger partial charge in [0, 0.05) is 24.2 Å². The van der Waals surface area contributed by atoms with Crippen molar-refractivity contribution in [2.45, 2.75) is 122 Å². The van der Waals surface area contributed by atoms with E-state index in [-0.39, 0.29) is 31.9 Å². The summed E-state index contributed by atoms with van der Waals surface area (Å²) in [5.41, 5.74) is 15.2. The number of anilines is 2. The molecule has 0 aliphatic carbocycles. The van der Waals surface area contributed by atoms with Gasteiger partial charge in [0.2, 0.25) is 0 Å². The number of hydrogen-bond acceptors (Lipinski definition) is 9. The Morgan fingerprint density at radius 3 is 1.82 bits per heavy atom. The summed E-state index contributed by atoms with van der Waals surface area (Å²) in [6, 6.07) is 15.4. The Balaban J connectivity index is 1.50. The van der Waals surface area contributed by atoms with Gasteiger partial charge >= 0.3 is 17.9 Å². The van der Waals surface area contributed by atoms with Gasteiger partial charge in [-0.05, 0) is 93.2 Å². The third kappa shape index (κ3) is 22.4. The minimum absolute atomic E-state index is 0.114. The zero-order chi connectivity index (χ0) is 35.4. The highest BCUT2D eigenvalue weighted by atomic mass is 16.6. The number of rotatable bonds is 28. The first-order valence-corrected chi connectivity index (χ1v) is 18.3. The summed E-state index contributed by atoms with van der Waals surface area (Å²) in [5, 5.41) is 0. The van der Waals surface area contributed by atoms with E-state index in [4.69, 9.17) is 30.4 Å². The molecule has 2 rings (SSSR count). The average Bonchev–Trinajstić information content (AvgIpc) is 3.09. The lowest BCUT2D eigenvalue weighted by atomic mass is 10.1. The Morgan fingerprint density at radius 1 is 0.633 bits per heavy atom. The Hall–Kier alpha value is -3.85. The standard InChI is InChI=1S/C40H60N2O7/c1-2-3-4-11-18-37(49-40(45)32-46-31-39(44)48-30-15-17-34-23-27-36(42)28-24-34)19-12-9-7-5-6-8-10-13-20-38(43)47-29-14-16-33-21-25-35(41)26-22-33/h9,12,21-28,37H,2-8,10-11,13-20,29-32,41-42H2,1H3/b12-9-/t37-/m1/s1. The maximum atomic E-state index is 12.4. The predicted octanol–water partition coefficient (Wildman–Crippen LogP) is 8.08. The molecule has 0 saturated heterocycles. The summed E-state index contributed by atoms with van der Waals surface area (Å²) in [6.45, 7) is 2.34. The summed E-state index contributed by atoms with van der Waals surface area (Å²) in [4.78, 5) is 36.4. The molecule has 0 radical (unpaired) electrons. The molecule has 0 fully saturated rings. The molecule has 0 bridgehead atoms. The van der Waals surface area contributed by atoms with Gasteiger partial charge in [0.15, 0.2) is 0 Å². The Kier molecular flexibility index (Phi) is 22.8. The van der Waals surface area contributed by atoms with E-state index in [9.17, 15) is 14.4 Å². The second-order valence-corrected chi connectivity index (χ2v) is 12.6. The van der Waals surface area contributed by atoms with Crippen molar-refractivity contribution in [3.63, 3.8) is 0 Å². The second kappa shape index (κ2) is 27.0. The average molecular weight is 681 g/mol. The van der Waals surface area contributed by atoms with Crippen molar-refractivity contribution in [2.75, 3.05) is 37.9 Å². The molecule has 2 aromatic carbocycles. The molecule has 0 heterocycles. The minimum atomic E-state index is -0.496. The summed E-state index contributed by atoms with van der Waals surface area (Å²) in [6.07, 6.45) is 19.7. The smallest absolute Gasteiger partial charge is 0.332 e. The molecular formula is C40H60N2O7. The van der Waals surface area contributed by atoms with Gasteiger partial charge in [0.25, 0.3) is 0 Å². The number of ether oxygens (including phenoxy) is 4. The molecular weight excluding hydrogens is 620 g/mol. The highest BCUT2D eigenvalue weighted by Crippen LogP contribution is 2.14. The topological polar surface area (TPSA) is 140 Å². The molecule has 9 heteroatoms. The van der Waals surface area contributed by atoms with Gasteiger partial charge in [-0.25, -0.2) is 9.59 Å². The maximum absolute atomic E-state index is 12.4. The summed E-state index contributed by atoms with van der Waals surface area (Å²) < 4.78 is 21.5. The first-order valence-electron chi connectivity index (χ1n) is 18.3. The highest BCUT2D eigenvalue weighted by molar-refractivity contribution is 5.73. The van der Waals surface area contributed by atoms with Crippen LogP contribution in [0.4, 0.5) is 11.4 Å². The fourth-order valence-corrected chi connectivity index (χ4v) is 5.30. The van der Waals surface area contributed by atoms with Gasteiger partial charge in [0.05, 0.1) is 13.2 Å². The van der Waals surface area contributed by atoms with Crippen LogP contribution in [0, 0.1) is 0 Å². The molecule has 9 nitrogen and oxygen atoms in total. The van der Waals surface area contributed by atoms with Crippen LogP contribution in [0.3, 0.4) is 0 Å². The van der Waals surface area contributed by atoms with Crippen molar-refractivity contribution in [2.24, 2.45) is 0 Å². The highest BCUT2D eigenvalue weighted by Gasteiger charge is 2.14. The fraction of sp³-hybridized carbons (Fsp3) is 0.575. The van der Waals surface area contributed by atoms with Crippen LogP contribution in [0.1, 0.15) is 114 Å². The van der Waals surface area contributed by atoms with Crippen LogP contribution < -0.4 is 11.5 Å². The van der Waals surface area contributed by atoms with Crippen molar-refractivity contribution < 1.29 is 33.3 Å². The van der Waals surface area contributed by atoms with Crippen molar-refractivity contribution in [3.8, 4) is 0 Å². The second-order valence-electron chi connectivity index (χ2n) is 12.6. The van der Waals surface area contributed by atoms with Crippen LogP contribution in [0.5, 0.6) is 0 Å². The number of benzene rings is 2. The Morgan fingerprint density at radius 2 is 1.18 bits per heavy atom. The number of esters is 3. The van der Waals surface area contributed by atoms with Crippen LogP contribution in [-0.4, -0.2) is 50.4 Å². The maximum Gasteiger partial charge on any atom is 0.332 e. The van der Waals surface area contributed by atoms with Gasteiger partial charge in [-0.15, -0.1) is 0 Å². The summed E-state index contributed by atoms with van der Waals surface area (Å²) in [7, 11) is 0. The number of aryl methyl sites for hydroxylation is 2. The van der Waals surface area contributed by atoms with Crippen molar-refractivity contribution in [3.05, 3.63) is 71.8 Å². The van der Waals surface area contributed by atoms with E-state index in [1.165, 1.54) is 5.56 Å². The van der Waals surface area contributed by atoms with E-state index in [0.717, 1.165) is 107 Å². The van der Waals surface area contributed by atoms with Gasteiger partial charge in [-0.3, -0.25) is 4.79 Å². The molecule has 0 spiro atoms. The van der Waals surface area contributed by atoms with E-state index in [1.54, 1.807) is 0 Å². The first-order chi connectivity index (χ1) is 23.9. The van der Waals surface area contributed by atoms with Crippen molar-refractivity contribution in [1.29, 1.82) is 0 Å². The minimum Gasteiger partial charge on any atom is -0.466 e. The van der Waals surface area contributed by atoms with Crippen LogP contribution in [0.2, 0.25) is 0 Å². The third-order valence-corrected chi connectivity index (χ3v) is 8.14. The molecule has 0 unspecified atom stereocenters. The SMILES string of the molecule is CCCCCC[C@H](C/C=C\CCCCCCCC(=O)OCCCc1ccc(N)cc1)OC(=O)COCC(=O)OCCCc1ccc(N)cc1. The van der Waals surface area contributed by atoms with Gasteiger partial charge < -0.3 is 30.4 Å². The van der Waals surface area contributed by atoms with Crippen molar-refractivity contribution >= 4 is 29.3 Å². The van der Waals surface area contributed by atoms with Crippen LogP contribution >= 0.6 is 0 Å². The zero-order valence-corrected chi connectivity index (χ0v) is 29.7. The molecule has 0 aliphatic heterocycles. The number of hydrogen-bond donors (Lipinski definition) is 2. The lowest BCUT2D eigenvalue weighted by molar-refractivity contribution is -0.159. The van der Waals surface area contributed by atoms with Crippen LogP contribution in [0.25, 0.3) is 0 Å². The number of carbonyl (C=O) groups is 3. The molecule has 4 N–H and O–H groups in total. The summed E-state index contributed by atoms with van der Waals surface area (Å²) in [5.74, 6) is -1.08. The molecule has 49 heavy (non-hydrogen) atoms. The normalized spacial score (nSPS) is 11.8. The lowest BCUT2D eigenvalue weighted by Crippen LogP contribution is -2.23. The quantitative estimate of drug-likeness (QED) is 0.0300. The predicted molar refractivity (Wildman–Crippen MR) is 196 cm³/mol. The molecule has 272 valence electrons. The fourth-order valence-electron chi connectivity index (χ4n) is 5.30. The number of carbonyl (C=O) groups excluding carboxylic acids is 3. The third-order valence-electron chi connectivity index (χ3n) is 8.14. The van der Waals surface area contributed by atoms with Crippen LogP contribution in [0.15, 0.2) is 60.7 Å². The van der Waals surface area contributed by atoms with E-state index >= 15 is 0 Å². The molecule has 0 saturated carbocycles. The first kappa shape index (κ1) is 41.3. The van der Waals surface area contributed by atoms with E-state index < -0.39 is 11.9 Å². The van der Waals surface area contributed by atoms with E-state index in [2.05, 4.69) is 19.1 Å². The summed E-state index contributed by atoms with van der Waals surface area (Å²) >= 11 is 0. The molecule has 0 amide bonds. The molecule has 1 atom stereocenters. The van der Waals surface area contributed by atoms with Gasteiger partial charge in [-0.2, -0.15) is 0 Å². The molecule has 0 aliphatic rings. The Bertz CT molecular complexity index is 1200. The Labute approximate surface area is 294 Å². The number of allylic oxidation sites excluding steroid dienone is 1. The molecule has 2 aromatic rings. The van der Waals surface area contributed by atoms with Crippen molar-refractivity contribution in [1.82, 2.24) is 0 Å². The molecule has 0 aromatic heterocycles. The number of nitrogen functional groups attached to an aromatic ring is 2. The number of unbranched alkanes of at least 4 members (excludes halogenated alkanes) is 8. The van der Waals surface area contributed by atoms with Gasteiger partial charge in [0.1, 0.15) is 19.3 Å². The number of nitrogens with two attached hydrogens (primary N) is 2. The lowest BCUT2D eigenvalue weighted by Gasteiger charge is -2.16. The van der Waals surface area contributed by atoms with E-state index in [0.29, 0.717) is 25.9 Å². The largest absolute Gasteiger partial charge is 0.466 e. The monoisotopic (exact) mass is 680 g/mol. The van der Waals surface area contributed by atoms with Gasteiger partial charge in [-0.1, -0.05) is 81.9 Å². The van der Waals surface area contributed by atoms with Crippen LogP contribution in [-0.2, 0) is 46.2 Å². The zero-order valence-electron chi connectivity index (χ0n) is 29.7. The van der Waals surface area contributed by atoms with E-state index in [1.807, 2.05) is 48.5 Å².